The number of hydrogen-bond donors (Lipinski definition) is 2. The highest BCUT2D eigenvalue weighted by Crippen LogP contribution is 2.18. The molecule has 0 aromatic heterocycles. The molecule has 1 aliphatic heterocycles. The summed E-state index contributed by atoms with van der Waals surface area (Å²) in [5.74, 6) is -0.132. The highest BCUT2D eigenvalue weighted by atomic mass is 19.1. The standard InChI is InChI=1S/C23H29FN4O2/c1-17(2)18-5-4-8-21(16-18)26-23(25-9-10-28-11-13-30-14-12-28)27-22(29)19-6-3-7-20(24)15-19/h3-8,15-17H,9-14H2,1-2H3,(H2,25,26,27,29). The second-order valence-electron chi connectivity index (χ2n) is 7.55. The first-order chi connectivity index (χ1) is 14.5. The molecule has 1 aliphatic rings. The van der Waals surface area contributed by atoms with Crippen molar-refractivity contribution in [1.29, 1.82) is 0 Å². The lowest BCUT2D eigenvalue weighted by atomic mass is 10.0. The van der Waals surface area contributed by atoms with Crippen LogP contribution in [0.4, 0.5) is 10.1 Å². The highest BCUT2D eigenvalue weighted by Gasteiger charge is 2.12. The summed E-state index contributed by atoms with van der Waals surface area (Å²) in [5, 5.41) is 5.99. The van der Waals surface area contributed by atoms with Crippen LogP contribution in [0.5, 0.6) is 0 Å². The van der Waals surface area contributed by atoms with Gasteiger partial charge in [-0.1, -0.05) is 32.0 Å². The van der Waals surface area contributed by atoms with E-state index in [9.17, 15) is 9.18 Å². The second kappa shape index (κ2) is 10.8. The molecular formula is C23H29FN4O2. The maximum atomic E-state index is 13.5. The first-order valence-electron chi connectivity index (χ1n) is 10.3. The first-order valence-corrected chi connectivity index (χ1v) is 10.3. The fourth-order valence-corrected chi connectivity index (χ4v) is 3.16. The van der Waals surface area contributed by atoms with Crippen molar-refractivity contribution in [3.63, 3.8) is 0 Å². The monoisotopic (exact) mass is 412 g/mol. The third-order valence-electron chi connectivity index (χ3n) is 4.92. The first kappa shape index (κ1) is 21.9. The fraction of sp³-hybridized carbons (Fsp3) is 0.391. The Morgan fingerprint density at radius 2 is 1.93 bits per heavy atom. The van der Waals surface area contributed by atoms with Gasteiger partial charge in [0.05, 0.1) is 19.8 Å². The van der Waals surface area contributed by atoms with E-state index in [0.29, 0.717) is 18.4 Å². The Hall–Kier alpha value is -2.77. The van der Waals surface area contributed by atoms with E-state index in [0.717, 1.165) is 38.5 Å². The zero-order valence-electron chi connectivity index (χ0n) is 17.5. The predicted molar refractivity (Wildman–Crippen MR) is 118 cm³/mol. The average Bonchev–Trinajstić information content (AvgIpc) is 2.74. The van der Waals surface area contributed by atoms with Crippen molar-refractivity contribution >= 4 is 17.6 Å². The number of amides is 1. The number of guanidine groups is 1. The molecule has 0 radical (unpaired) electrons. The van der Waals surface area contributed by atoms with Crippen molar-refractivity contribution in [2.45, 2.75) is 19.8 Å². The molecule has 2 aromatic carbocycles. The number of morpholine rings is 1. The maximum absolute atomic E-state index is 13.5. The molecule has 7 heteroatoms. The summed E-state index contributed by atoms with van der Waals surface area (Å²) in [4.78, 5) is 19.5. The lowest BCUT2D eigenvalue weighted by Crippen LogP contribution is -2.39. The van der Waals surface area contributed by atoms with E-state index in [1.807, 2.05) is 18.2 Å². The molecule has 1 saturated heterocycles. The van der Waals surface area contributed by atoms with Crippen molar-refractivity contribution in [2.75, 3.05) is 44.7 Å². The van der Waals surface area contributed by atoms with Gasteiger partial charge in [0.25, 0.3) is 5.91 Å². The van der Waals surface area contributed by atoms with Crippen LogP contribution in [0.15, 0.2) is 53.5 Å². The normalized spacial score (nSPS) is 15.3. The minimum absolute atomic E-state index is 0.244. The number of carbonyl (C=O) groups is 1. The lowest BCUT2D eigenvalue weighted by Gasteiger charge is -2.25. The van der Waals surface area contributed by atoms with Crippen LogP contribution in [-0.4, -0.2) is 56.2 Å². The number of benzene rings is 2. The number of halogens is 1. The minimum atomic E-state index is -0.453. The van der Waals surface area contributed by atoms with Crippen molar-refractivity contribution < 1.29 is 13.9 Å². The highest BCUT2D eigenvalue weighted by molar-refractivity contribution is 6.09. The summed E-state index contributed by atoms with van der Waals surface area (Å²) in [6.07, 6.45) is 0. The second-order valence-corrected chi connectivity index (χ2v) is 7.55. The molecule has 160 valence electrons. The Labute approximate surface area is 177 Å². The molecule has 1 heterocycles. The number of hydrogen-bond acceptors (Lipinski definition) is 4. The molecule has 1 amide bonds. The molecule has 0 aliphatic carbocycles. The number of anilines is 1. The summed E-state index contributed by atoms with van der Waals surface area (Å²) in [7, 11) is 0. The molecule has 1 fully saturated rings. The number of rotatable bonds is 6. The smallest absolute Gasteiger partial charge is 0.258 e. The molecule has 3 rings (SSSR count). The molecule has 6 nitrogen and oxygen atoms in total. The molecule has 0 saturated carbocycles. The van der Waals surface area contributed by atoms with Crippen LogP contribution >= 0.6 is 0 Å². The number of ether oxygens (including phenoxy) is 1. The molecule has 2 aromatic rings. The van der Waals surface area contributed by atoms with Gasteiger partial charge < -0.3 is 10.1 Å². The Balaban J connectivity index is 1.72. The van der Waals surface area contributed by atoms with Crippen LogP contribution in [0, 0.1) is 5.82 Å². The van der Waals surface area contributed by atoms with Crippen molar-refractivity contribution in [3.8, 4) is 0 Å². The number of nitrogens with one attached hydrogen (secondary N) is 2. The van der Waals surface area contributed by atoms with Gasteiger partial charge in [-0.25, -0.2) is 4.39 Å². The van der Waals surface area contributed by atoms with Crippen molar-refractivity contribution in [2.24, 2.45) is 4.99 Å². The van der Waals surface area contributed by atoms with Gasteiger partial charge in [0.1, 0.15) is 5.82 Å². The van der Waals surface area contributed by atoms with E-state index < -0.39 is 11.7 Å². The van der Waals surface area contributed by atoms with E-state index in [2.05, 4.69) is 40.4 Å². The van der Waals surface area contributed by atoms with Gasteiger partial charge in [-0.05, 0) is 41.8 Å². The van der Waals surface area contributed by atoms with Gasteiger partial charge in [-0.15, -0.1) is 0 Å². The molecule has 30 heavy (non-hydrogen) atoms. The third kappa shape index (κ3) is 6.64. The van der Waals surface area contributed by atoms with Gasteiger partial charge in [0.15, 0.2) is 0 Å². The fourth-order valence-electron chi connectivity index (χ4n) is 3.16. The van der Waals surface area contributed by atoms with Gasteiger partial charge in [-0.3, -0.25) is 20.0 Å². The molecule has 0 unspecified atom stereocenters. The van der Waals surface area contributed by atoms with E-state index in [1.54, 1.807) is 6.07 Å². The molecule has 0 spiro atoms. The molecule has 0 bridgehead atoms. The minimum Gasteiger partial charge on any atom is -0.379 e. The Morgan fingerprint density at radius 3 is 2.67 bits per heavy atom. The lowest BCUT2D eigenvalue weighted by molar-refractivity contribution is 0.0394. The number of nitrogens with zero attached hydrogens (tertiary/aromatic N) is 2. The predicted octanol–water partition coefficient (Wildman–Crippen LogP) is 3.48. The topological polar surface area (TPSA) is 66.0 Å². The summed E-state index contributed by atoms with van der Waals surface area (Å²) < 4.78 is 18.9. The quantitative estimate of drug-likeness (QED) is 0.563. The van der Waals surface area contributed by atoms with Gasteiger partial charge in [-0.2, -0.15) is 0 Å². The van der Waals surface area contributed by atoms with Crippen LogP contribution in [0.25, 0.3) is 0 Å². The Kier molecular flexibility index (Phi) is 7.93. The summed E-state index contributed by atoms with van der Waals surface area (Å²) >= 11 is 0. The van der Waals surface area contributed by atoms with Gasteiger partial charge >= 0.3 is 0 Å². The summed E-state index contributed by atoms with van der Waals surface area (Å²) in [5.41, 5.74) is 2.27. The van der Waals surface area contributed by atoms with Crippen LogP contribution in [0.3, 0.4) is 0 Å². The zero-order chi connectivity index (χ0) is 21.3. The summed E-state index contributed by atoms with van der Waals surface area (Å²) in [6.45, 7) is 8.77. The van der Waals surface area contributed by atoms with E-state index in [-0.39, 0.29) is 5.56 Å². The maximum Gasteiger partial charge on any atom is 0.258 e. The molecular weight excluding hydrogens is 383 g/mol. The number of carbonyl (C=O) groups excluding carboxylic acids is 1. The van der Waals surface area contributed by atoms with Crippen LogP contribution in [0.2, 0.25) is 0 Å². The van der Waals surface area contributed by atoms with Crippen LogP contribution < -0.4 is 10.6 Å². The Morgan fingerprint density at radius 1 is 1.17 bits per heavy atom. The van der Waals surface area contributed by atoms with E-state index >= 15 is 0 Å². The van der Waals surface area contributed by atoms with Crippen molar-refractivity contribution in [1.82, 2.24) is 10.2 Å². The van der Waals surface area contributed by atoms with Crippen LogP contribution in [-0.2, 0) is 4.74 Å². The van der Waals surface area contributed by atoms with E-state index in [4.69, 9.17) is 4.74 Å². The van der Waals surface area contributed by atoms with Gasteiger partial charge in [0, 0.05) is 30.9 Å². The van der Waals surface area contributed by atoms with Gasteiger partial charge in [0.2, 0.25) is 5.96 Å². The van der Waals surface area contributed by atoms with E-state index in [1.165, 1.54) is 23.8 Å². The Bertz CT molecular complexity index is 879. The van der Waals surface area contributed by atoms with Crippen molar-refractivity contribution in [3.05, 3.63) is 65.5 Å². The number of aliphatic imine (C=N–C) groups is 1. The average molecular weight is 413 g/mol. The zero-order valence-corrected chi connectivity index (χ0v) is 17.5. The third-order valence-corrected chi connectivity index (χ3v) is 4.92. The SMILES string of the molecule is CC(C)c1cccc(NC(=NCCN2CCOCC2)NC(=O)c2cccc(F)c2)c1. The van der Waals surface area contributed by atoms with Crippen LogP contribution in [0.1, 0.15) is 35.7 Å². The molecule has 2 N–H and O–H groups in total. The molecule has 0 atom stereocenters. The largest absolute Gasteiger partial charge is 0.379 e. The summed E-state index contributed by atoms with van der Waals surface area (Å²) in [6, 6.07) is 13.6.